The van der Waals surface area contributed by atoms with Gasteiger partial charge < -0.3 is 11.1 Å². The standard InChI is InChI=1S/C20H18ClN5S/c21-17-5-1-13(2-6-17)9-18(22)12-24-20-26-25-19(27-20)15-3-4-16-11-23-8-7-14(16)10-15/h1-8,10-11,18H,9,12,22H2,(H,24,26)/t18-/m0/s1. The number of benzene rings is 2. The number of anilines is 1. The molecule has 0 unspecified atom stereocenters. The van der Waals surface area contributed by atoms with Crippen LogP contribution in [0.5, 0.6) is 0 Å². The van der Waals surface area contributed by atoms with E-state index in [4.69, 9.17) is 17.3 Å². The van der Waals surface area contributed by atoms with Gasteiger partial charge in [0, 0.05) is 41.0 Å². The van der Waals surface area contributed by atoms with E-state index in [0.29, 0.717) is 6.54 Å². The van der Waals surface area contributed by atoms with E-state index in [0.717, 1.165) is 43.5 Å². The van der Waals surface area contributed by atoms with Crippen molar-refractivity contribution in [3.8, 4) is 10.6 Å². The number of rotatable bonds is 6. The molecule has 0 radical (unpaired) electrons. The fourth-order valence-electron chi connectivity index (χ4n) is 2.84. The van der Waals surface area contributed by atoms with Crippen molar-refractivity contribution in [2.75, 3.05) is 11.9 Å². The molecule has 1 atom stereocenters. The van der Waals surface area contributed by atoms with E-state index in [-0.39, 0.29) is 6.04 Å². The first-order chi connectivity index (χ1) is 13.2. The van der Waals surface area contributed by atoms with Gasteiger partial charge in [-0.2, -0.15) is 0 Å². The minimum atomic E-state index is -0.0216. The number of hydrogen-bond donors (Lipinski definition) is 2. The summed E-state index contributed by atoms with van der Waals surface area (Å²) in [4.78, 5) is 4.14. The lowest BCUT2D eigenvalue weighted by atomic mass is 10.1. The Hall–Kier alpha value is -2.54. The normalized spacial score (nSPS) is 12.2. The molecule has 0 fully saturated rings. The Kier molecular flexibility index (Phi) is 5.29. The monoisotopic (exact) mass is 395 g/mol. The Labute approximate surface area is 166 Å². The maximum Gasteiger partial charge on any atom is 0.206 e. The number of fused-ring (bicyclic) bond motifs is 1. The summed E-state index contributed by atoms with van der Waals surface area (Å²) in [5, 5.41) is 16.4. The molecule has 2 aromatic carbocycles. The number of hydrogen-bond acceptors (Lipinski definition) is 6. The van der Waals surface area contributed by atoms with Gasteiger partial charge in [0.25, 0.3) is 0 Å². The third-order valence-electron chi connectivity index (χ3n) is 4.24. The van der Waals surface area contributed by atoms with E-state index < -0.39 is 0 Å². The highest BCUT2D eigenvalue weighted by Gasteiger charge is 2.09. The van der Waals surface area contributed by atoms with E-state index in [1.54, 1.807) is 6.20 Å². The molecule has 7 heteroatoms. The van der Waals surface area contributed by atoms with Gasteiger partial charge in [0.15, 0.2) is 0 Å². The second-order valence-electron chi connectivity index (χ2n) is 6.32. The molecule has 4 aromatic rings. The average Bonchev–Trinajstić information content (AvgIpc) is 3.17. The molecule has 0 bridgehead atoms. The van der Waals surface area contributed by atoms with Gasteiger partial charge in [-0.15, -0.1) is 10.2 Å². The zero-order valence-electron chi connectivity index (χ0n) is 14.5. The summed E-state index contributed by atoms with van der Waals surface area (Å²) in [6.45, 7) is 0.626. The molecule has 4 rings (SSSR count). The molecule has 136 valence electrons. The minimum absolute atomic E-state index is 0.0216. The van der Waals surface area contributed by atoms with Gasteiger partial charge in [0.2, 0.25) is 5.13 Å². The fourth-order valence-corrected chi connectivity index (χ4v) is 3.71. The van der Waals surface area contributed by atoms with Crippen LogP contribution in [0.1, 0.15) is 5.56 Å². The van der Waals surface area contributed by atoms with Crippen LogP contribution in [0, 0.1) is 0 Å². The van der Waals surface area contributed by atoms with E-state index in [1.165, 1.54) is 11.3 Å². The Morgan fingerprint density at radius 2 is 1.89 bits per heavy atom. The lowest BCUT2D eigenvalue weighted by molar-refractivity contribution is 0.698. The van der Waals surface area contributed by atoms with Crippen LogP contribution in [0.2, 0.25) is 5.02 Å². The molecule has 2 aromatic heterocycles. The quantitative estimate of drug-likeness (QED) is 0.506. The molecule has 5 nitrogen and oxygen atoms in total. The summed E-state index contributed by atoms with van der Waals surface area (Å²) in [5.74, 6) is 0. The van der Waals surface area contributed by atoms with E-state index in [2.05, 4.69) is 26.6 Å². The van der Waals surface area contributed by atoms with Crippen LogP contribution in [0.4, 0.5) is 5.13 Å². The molecule has 0 saturated carbocycles. The van der Waals surface area contributed by atoms with Crippen molar-refractivity contribution < 1.29 is 0 Å². The van der Waals surface area contributed by atoms with Crippen LogP contribution < -0.4 is 11.1 Å². The molecule has 0 saturated heterocycles. The summed E-state index contributed by atoms with van der Waals surface area (Å²) < 4.78 is 0. The number of nitrogens with two attached hydrogens (primary N) is 1. The van der Waals surface area contributed by atoms with Crippen molar-refractivity contribution in [2.24, 2.45) is 5.73 Å². The van der Waals surface area contributed by atoms with Gasteiger partial charge in [0.1, 0.15) is 5.01 Å². The minimum Gasteiger partial charge on any atom is -0.359 e. The van der Waals surface area contributed by atoms with Crippen molar-refractivity contribution in [1.29, 1.82) is 0 Å². The average molecular weight is 396 g/mol. The smallest absolute Gasteiger partial charge is 0.206 e. The van der Waals surface area contributed by atoms with E-state index in [9.17, 15) is 0 Å². The maximum atomic E-state index is 6.23. The van der Waals surface area contributed by atoms with Gasteiger partial charge in [-0.05, 0) is 41.6 Å². The maximum absolute atomic E-state index is 6.23. The zero-order valence-corrected chi connectivity index (χ0v) is 16.0. The number of nitrogens with zero attached hydrogens (tertiary/aromatic N) is 3. The predicted molar refractivity (Wildman–Crippen MR) is 112 cm³/mol. The highest BCUT2D eigenvalue weighted by atomic mass is 35.5. The molecule has 0 spiro atoms. The van der Waals surface area contributed by atoms with Crippen molar-refractivity contribution >= 4 is 38.8 Å². The topological polar surface area (TPSA) is 76.7 Å². The first-order valence-electron chi connectivity index (χ1n) is 8.59. The molecule has 0 aliphatic rings. The van der Waals surface area contributed by atoms with Gasteiger partial charge in [-0.25, -0.2) is 0 Å². The summed E-state index contributed by atoms with van der Waals surface area (Å²) in [5.41, 5.74) is 8.44. The van der Waals surface area contributed by atoms with Crippen LogP contribution >= 0.6 is 22.9 Å². The van der Waals surface area contributed by atoms with Crippen LogP contribution in [-0.2, 0) is 6.42 Å². The van der Waals surface area contributed by atoms with Crippen LogP contribution in [0.3, 0.4) is 0 Å². The first-order valence-corrected chi connectivity index (χ1v) is 9.78. The van der Waals surface area contributed by atoms with Crippen LogP contribution in [-0.4, -0.2) is 27.8 Å². The number of halogens is 1. The fraction of sp³-hybridized carbons (Fsp3) is 0.150. The summed E-state index contributed by atoms with van der Waals surface area (Å²) in [6.07, 6.45) is 4.42. The predicted octanol–water partition coefficient (Wildman–Crippen LogP) is 4.39. The molecule has 3 N–H and O–H groups in total. The number of nitrogens with one attached hydrogen (secondary N) is 1. The molecule has 2 heterocycles. The summed E-state index contributed by atoms with van der Waals surface area (Å²) in [6, 6.07) is 15.9. The van der Waals surface area contributed by atoms with Crippen molar-refractivity contribution in [3.05, 3.63) is 71.5 Å². The van der Waals surface area contributed by atoms with Gasteiger partial charge in [-0.3, -0.25) is 4.98 Å². The van der Waals surface area contributed by atoms with Gasteiger partial charge in [0.05, 0.1) is 0 Å². The second kappa shape index (κ2) is 8.00. The third-order valence-corrected chi connectivity index (χ3v) is 5.42. The Bertz CT molecular complexity index is 1050. The Morgan fingerprint density at radius 1 is 1.04 bits per heavy atom. The number of pyridine rings is 1. The van der Waals surface area contributed by atoms with Crippen molar-refractivity contribution in [3.63, 3.8) is 0 Å². The second-order valence-corrected chi connectivity index (χ2v) is 7.74. The van der Waals surface area contributed by atoms with E-state index in [1.807, 2.05) is 48.7 Å². The summed E-state index contributed by atoms with van der Waals surface area (Å²) in [7, 11) is 0. The molecule has 27 heavy (non-hydrogen) atoms. The van der Waals surface area contributed by atoms with Gasteiger partial charge >= 0.3 is 0 Å². The Morgan fingerprint density at radius 3 is 2.74 bits per heavy atom. The molecule has 0 aliphatic heterocycles. The largest absolute Gasteiger partial charge is 0.359 e. The zero-order chi connectivity index (χ0) is 18.6. The lowest BCUT2D eigenvalue weighted by Crippen LogP contribution is -2.31. The molecule has 0 aliphatic carbocycles. The van der Waals surface area contributed by atoms with Crippen LogP contribution in [0.25, 0.3) is 21.3 Å². The highest BCUT2D eigenvalue weighted by molar-refractivity contribution is 7.18. The summed E-state index contributed by atoms with van der Waals surface area (Å²) >= 11 is 7.44. The SMILES string of the molecule is N[C@H](CNc1nnc(-c2ccc3cnccc3c2)s1)Cc1ccc(Cl)cc1. The van der Waals surface area contributed by atoms with E-state index >= 15 is 0 Å². The van der Waals surface area contributed by atoms with Crippen LogP contribution in [0.15, 0.2) is 60.9 Å². The number of aromatic nitrogens is 3. The Balaban J connectivity index is 1.39. The third kappa shape index (κ3) is 4.42. The highest BCUT2D eigenvalue weighted by Crippen LogP contribution is 2.28. The molecular formula is C20H18ClN5S. The lowest BCUT2D eigenvalue weighted by Gasteiger charge is -2.12. The first kappa shape index (κ1) is 17.9. The van der Waals surface area contributed by atoms with Gasteiger partial charge in [-0.1, -0.05) is 47.2 Å². The van der Waals surface area contributed by atoms with Crippen molar-refractivity contribution in [2.45, 2.75) is 12.5 Å². The van der Waals surface area contributed by atoms with Crippen molar-refractivity contribution in [1.82, 2.24) is 15.2 Å². The molecule has 0 amide bonds. The molecular weight excluding hydrogens is 378 g/mol.